The monoisotopic (exact) mass is 487 g/mol. The van der Waals surface area contributed by atoms with Gasteiger partial charge >= 0.3 is 0 Å². The van der Waals surface area contributed by atoms with E-state index in [9.17, 15) is 0 Å². The largest absolute Gasteiger partial charge is 0.334 e. The van der Waals surface area contributed by atoms with Crippen LogP contribution in [0, 0.1) is 17.8 Å². The highest BCUT2D eigenvalue weighted by Gasteiger charge is 2.41. The molecule has 0 amide bonds. The topological polar surface area (TPSA) is 65.1 Å². The van der Waals surface area contributed by atoms with Crippen molar-refractivity contribution in [3.05, 3.63) is 70.3 Å². The normalized spacial score (nSPS) is 27.2. The molecule has 3 fully saturated rings. The van der Waals surface area contributed by atoms with Gasteiger partial charge < -0.3 is 15.6 Å². The number of nitrogens with zero attached hydrogens (tertiary/aromatic N) is 2. The summed E-state index contributed by atoms with van der Waals surface area (Å²) >= 11 is 0. The minimum Gasteiger partial charge on any atom is -0.334 e. The molecule has 3 aliphatic heterocycles. The van der Waals surface area contributed by atoms with Gasteiger partial charge in [0.1, 0.15) is 11.5 Å². The Labute approximate surface area is 218 Å². The van der Waals surface area contributed by atoms with Gasteiger partial charge in [0, 0.05) is 23.7 Å². The first-order valence-corrected chi connectivity index (χ1v) is 14.2. The van der Waals surface area contributed by atoms with Crippen LogP contribution in [0.25, 0.3) is 11.1 Å². The van der Waals surface area contributed by atoms with Crippen molar-refractivity contribution in [3.8, 4) is 23.0 Å². The predicted molar refractivity (Wildman–Crippen MR) is 147 cm³/mol. The molecule has 0 spiro atoms. The van der Waals surface area contributed by atoms with Crippen LogP contribution < -0.4 is 10.6 Å². The lowest BCUT2D eigenvalue weighted by Crippen LogP contribution is -2.30. The Bertz CT molecular complexity index is 1470. The summed E-state index contributed by atoms with van der Waals surface area (Å²) in [6, 6.07) is 12.3. The Hall–Kier alpha value is -3.20. The van der Waals surface area contributed by atoms with Crippen molar-refractivity contribution in [2.24, 2.45) is 10.9 Å². The number of benzene rings is 2. The van der Waals surface area contributed by atoms with Crippen LogP contribution in [0.15, 0.2) is 41.5 Å². The van der Waals surface area contributed by atoms with E-state index in [0.29, 0.717) is 18.0 Å². The highest BCUT2D eigenvalue weighted by Crippen LogP contribution is 2.54. The number of aliphatic imine (C=N–C) groups is 1. The van der Waals surface area contributed by atoms with E-state index in [2.05, 4.69) is 62.8 Å². The number of aromatic amines is 1. The zero-order valence-electron chi connectivity index (χ0n) is 21.2. The van der Waals surface area contributed by atoms with E-state index in [1.165, 1.54) is 83.3 Å². The lowest BCUT2D eigenvalue weighted by atomic mass is 9.73. The molecule has 8 rings (SSSR count). The van der Waals surface area contributed by atoms with Crippen molar-refractivity contribution < 1.29 is 0 Å². The fourth-order valence-corrected chi connectivity index (χ4v) is 7.34. The van der Waals surface area contributed by atoms with Gasteiger partial charge in [0.15, 0.2) is 0 Å². The molecule has 0 bridgehead atoms. The van der Waals surface area contributed by atoms with Gasteiger partial charge in [-0.2, -0.15) is 0 Å². The van der Waals surface area contributed by atoms with Crippen LogP contribution in [0.2, 0.25) is 0 Å². The molecule has 5 aliphatic rings. The number of rotatable bonds is 3. The second kappa shape index (κ2) is 8.68. The summed E-state index contributed by atoms with van der Waals surface area (Å²) in [6.45, 7) is 2.19. The van der Waals surface area contributed by atoms with E-state index in [4.69, 9.17) is 4.99 Å². The van der Waals surface area contributed by atoms with E-state index in [0.717, 1.165) is 43.4 Å². The summed E-state index contributed by atoms with van der Waals surface area (Å²) in [6.07, 6.45) is 11.6. The molecule has 5 nitrogen and oxygen atoms in total. The molecular weight excluding hydrogens is 454 g/mol. The number of nitrogens with one attached hydrogen (secondary N) is 3. The van der Waals surface area contributed by atoms with Crippen molar-refractivity contribution in [1.82, 2.24) is 20.6 Å². The fourth-order valence-electron chi connectivity index (χ4n) is 7.34. The van der Waals surface area contributed by atoms with E-state index in [1.807, 2.05) is 6.20 Å². The zero-order chi connectivity index (χ0) is 24.3. The maximum Gasteiger partial charge on any atom is 0.124 e. The third-order valence-corrected chi connectivity index (χ3v) is 9.42. The first kappa shape index (κ1) is 21.8. The van der Waals surface area contributed by atoms with E-state index < -0.39 is 0 Å². The van der Waals surface area contributed by atoms with Crippen LogP contribution in [0.1, 0.15) is 84.3 Å². The van der Waals surface area contributed by atoms with Crippen LogP contribution in [0.5, 0.6) is 0 Å². The molecule has 3 aromatic rings. The van der Waals surface area contributed by atoms with Crippen LogP contribution in [0.4, 0.5) is 5.69 Å². The van der Waals surface area contributed by atoms with Gasteiger partial charge in [-0.05, 0) is 122 Å². The van der Waals surface area contributed by atoms with Crippen molar-refractivity contribution in [2.75, 3.05) is 13.1 Å². The first-order chi connectivity index (χ1) is 18.3. The second-order valence-corrected chi connectivity index (χ2v) is 11.6. The molecule has 186 valence electrons. The van der Waals surface area contributed by atoms with Crippen molar-refractivity contribution >= 4 is 11.4 Å². The average molecular weight is 488 g/mol. The maximum atomic E-state index is 4.99. The molecule has 2 unspecified atom stereocenters. The van der Waals surface area contributed by atoms with Crippen LogP contribution in [0.3, 0.4) is 0 Å². The Kier molecular flexibility index (Phi) is 5.13. The standard InChI is InChI=1S/C32H33N5/c1-3-28(33-13-1)30-17-22-15-20(8-12-27(22)37-30)24-10-6-19(31-25-11-7-21(25)16-26(24)31)5-9-23-18-35-32(36-23)29-4-2-14-34-29/h6,8,10,12,15,18,21,25,28-29,33-34H,1-4,7,11,13-14,16-17H2,(H,35,36)/t21?,25?,28-,29-/m0/s1. The van der Waals surface area contributed by atoms with Gasteiger partial charge in [0.25, 0.3) is 0 Å². The molecule has 0 radical (unpaired) electrons. The van der Waals surface area contributed by atoms with Gasteiger partial charge in [-0.3, -0.25) is 4.99 Å². The second-order valence-electron chi connectivity index (χ2n) is 11.6. The molecule has 2 aliphatic carbocycles. The van der Waals surface area contributed by atoms with Gasteiger partial charge in [0.2, 0.25) is 0 Å². The highest BCUT2D eigenvalue weighted by atomic mass is 15.0. The van der Waals surface area contributed by atoms with Crippen LogP contribution in [-0.4, -0.2) is 34.8 Å². The fraction of sp³-hybridized carbons (Fsp3) is 0.438. The molecule has 1 aromatic heterocycles. The van der Waals surface area contributed by atoms with Gasteiger partial charge in [-0.15, -0.1) is 0 Å². The van der Waals surface area contributed by atoms with Gasteiger partial charge in [-0.1, -0.05) is 18.1 Å². The molecule has 5 heteroatoms. The van der Waals surface area contributed by atoms with E-state index in [1.54, 1.807) is 0 Å². The Balaban J connectivity index is 1.11. The molecule has 1 saturated carbocycles. The van der Waals surface area contributed by atoms with Gasteiger partial charge in [0.05, 0.1) is 17.9 Å². The molecule has 4 atom stereocenters. The van der Waals surface area contributed by atoms with Gasteiger partial charge in [-0.25, -0.2) is 4.98 Å². The summed E-state index contributed by atoms with van der Waals surface area (Å²) in [5, 5.41) is 7.14. The average Bonchev–Trinajstić information content (AvgIpc) is 3.72. The third-order valence-electron chi connectivity index (χ3n) is 9.42. The smallest absolute Gasteiger partial charge is 0.124 e. The van der Waals surface area contributed by atoms with Crippen molar-refractivity contribution in [3.63, 3.8) is 0 Å². The molecule has 2 aromatic carbocycles. The lowest BCUT2D eigenvalue weighted by Gasteiger charge is -2.31. The van der Waals surface area contributed by atoms with E-state index in [-0.39, 0.29) is 0 Å². The number of fused-ring (bicyclic) bond motifs is 4. The summed E-state index contributed by atoms with van der Waals surface area (Å²) in [5.74, 6) is 9.44. The Morgan fingerprint density at radius 2 is 1.78 bits per heavy atom. The zero-order valence-corrected chi connectivity index (χ0v) is 21.2. The Morgan fingerprint density at radius 1 is 0.892 bits per heavy atom. The molecule has 4 heterocycles. The third kappa shape index (κ3) is 3.69. The molecule has 37 heavy (non-hydrogen) atoms. The predicted octanol–water partition coefficient (Wildman–Crippen LogP) is 5.33. The number of imidazole rings is 1. The van der Waals surface area contributed by atoms with Crippen LogP contribution in [-0.2, 0) is 12.8 Å². The summed E-state index contributed by atoms with van der Waals surface area (Å²) in [5.41, 5.74) is 11.8. The summed E-state index contributed by atoms with van der Waals surface area (Å²) in [4.78, 5) is 13.0. The molecule has 2 saturated heterocycles. The quantitative estimate of drug-likeness (QED) is 0.438. The first-order valence-electron chi connectivity index (χ1n) is 14.2. The molecule has 3 N–H and O–H groups in total. The van der Waals surface area contributed by atoms with Crippen LogP contribution >= 0.6 is 0 Å². The summed E-state index contributed by atoms with van der Waals surface area (Å²) < 4.78 is 0. The minimum atomic E-state index is 0.345. The number of aromatic nitrogens is 2. The SMILES string of the molecule is C(#Cc1ccc(-c2ccc3c(c2)CC([C@@H]2CCCN2)=N3)c2c1C1CCC1C2)c1cnc([C@@H]2CCCN2)[nH]1. The van der Waals surface area contributed by atoms with Crippen molar-refractivity contribution in [2.45, 2.75) is 69.4 Å². The van der Waals surface area contributed by atoms with E-state index >= 15 is 0 Å². The maximum absolute atomic E-state index is 4.99. The van der Waals surface area contributed by atoms with Crippen molar-refractivity contribution in [1.29, 1.82) is 0 Å². The number of hydrogen-bond donors (Lipinski definition) is 3. The number of H-pyrrole nitrogens is 1. The Morgan fingerprint density at radius 3 is 2.59 bits per heavy atom. The minimum absolute atomic E-state index is 0.345. The highest BCUT2D eigenvalue weighted by molar-refractivity contribution is 5.98. The number of hydrogen-bond acceptors (Lipinski definition) is 4. The summed E-state index contributed by atoms with van der Waals surface area (Å²) in [7, 11) is 0. The lowest BCUT2D eigenvalue weighted by molar-refractivity contribution is 0.280. The molecular formula is C32H33N5.